The number of carbonyl (C=O) groups is 1. The van der Waals surface area contributed by atoms with Crippen LogP contribution in [0.5, 0.6) is 5.75 Å². The molecule has 0 spiro atoms. The van der Waals surface area contributed by atoms with Gasteiger partial charge in [-0.05, 0) is 37.8 Å². The highest BCUT2D eigenvalue weighted by molar-refractivity contribution is 5.77. The lowest BCUT2D eigenvalue weighted by molar-refractivity contribution is -0.123. The summed E-state index contributed by atoms with van der Waals surface area (Å²) in [5.41, 5.74) is 2.33. The second kappa shape index (κ2) is 7.38. The first-order valence-corrected chi connectivity index (χ1v) is 7.93. The molecule has 1 aliphatic carbocycles. The molecule has 24 heavy (non-hydrogen) atoms. The molecule has 4 nitrogen and oxygen atoms in total. The van der Waals surface area contributed by atoms with Gasteiger partial charge in [0.05, 0.1) is 0 Å². The number of ether oxygens (including phenoxy) is 1. The molecule has 2 aromatic rings. The molecule has 126 valence electrons. The first kappa shape index (κ1) is 16.4. The van der Waals surface area contributed by atoms with Crippen molar-refractivity contribution in [2.24, 2.45) is 0 Å². The Hall–Kier alpha value is -2.50. The van der Waals surface area contributed by atoms with Gasteiger partial charge in [-0.2, -0.15) is 0 Å². The Labute approximate surface area is 138 Å². The van der Waals surface area contributed by atoms with E-state index >= 15 is 0 Å². The van der Waals surface area contributed by atoms with Crippen LogP contribution in [-0.4, -0.2) is 17.5 Å². The van der Waals surface area contributed by atoms with Crippen molar-refractivity contribution in [3.8, 4) is 5.75 Å². The summed E-state index contributed by atoms with van der Waals surface area (Å²) in [6.45, 7) is -0.165. The molecule has 1 amide bonds. The maximum Gasteiger partial charge on any atom is 0.258 e. The maximum atomic E-state index is 13.5. The molecule has 0 saturated carbocycles. The molecular weight excluding hydrogens is 314 g/mol. The van der Waals surface area contributed by atoms with Crippen molar-refractivity contribution in [3.05, 3.63) is 58.9 Å². The van der Waals surface area contributed by atoms with Gasteiger partial charge >= 0.3 is 0 Å². The van der Waals surface area contributed by atoms with Crippen LogP contribution in [0.4, 0.5) is 8.78 Å². The van der Waals surface area contributed by atoms with Gasteiger partial charge in [-0.1, -0.05) is 6.07 Å². The minimum Gasteiger partial charge on any atom is -0.483 e. The quantitative estimate of drug-likeness (QED) is 0.916. The highest BCUT2D eigenvalue weighted by atomic mass is 19.1. The Kier molecular flexibility index (Phi) is 5.03. The van der Waals surface area contributed by atoms with E-state index < -0.39 is 11.6 Å². The first-order valence-electron chi connectivity index (χ1n) is 7.93. The molecule has 1 heterocycles. The van der Waals surface area contributed by atoms with Crippen molar-refractivity contribution in [2.75, 3.05) is 6.61 Å². The molecular formula is C18H18F2N2O2. The van der Waals surface area contributed by atoms with Crippen LogP contribution in [0.2, 0.25) is 0 Å². The lowest BCUT2D eigenvalue weighted by Crippen LogP contribution is -2.29. The van der Waals surface area contributed by atoms with E-state index in [1.54, 1.807) is 12.3 Å². The average Bonchev–Trinajstić information content (AvgIpc) is 2.59. The molecule has 1 aromatic heterocycles. The van der Waals surface area contributed by atoms with Gasteiger partial charge in [0.2, 0.25) is 0 Å². The van der Waals surface area contributed by atoms with Gasteiger partial charge in [0.25, 0.3) is 5.91 Å². The maximum absolute atomic E-state index is 13.5. The molecule has 1 aliphatic rings. The molecule has 0 aliphatic heterocycles. The molecule has 0 radical (unpaired) electrons. The normalized spacial score (nSPS) is 13.2. The van der Waals surface area contributed by atoms with Crippen LogP contribution in [0, 0.1) is 11.6 Å². The fourth-order valence-electron chi connectivity index (χ4n) is 2.78. The van der Waals surface area contributed by atoms with Crippen LogP contribution >= 0.6 is 0 Å². The summed E-state index contributed by atoms with van der Waals surface area (Å²) in [6, 6.07) is 5.02. The van der Waals surface area contributed by atoms with Crippen molar-refractivity contribution in [1.82, 2.24) is 10.3 Å². The minimum absolute atomic E-state index is 0.0112. The van der Waals surface area contributed by atoms with Crippen LogP contribution < -0.4 is 10.1 Å². The van der Waals surface area contributed by atoms with Crippen molar-refractivity contribution < 1.29 is 18.3 Å². The molecule has 3 rings (SSSR count). The van der Waals surface area contributed by atoms with E-state index in [1.807, 2.05) is 0 Å². The Morgan fingerprint density at radius 2 is 2.04 bits per heavy atom. The number of hydrogen-bond donors (Lipinski definition) is 1. The third-order valence-electron chi connectivity index (χ3n) is 4.04. The molecule has 0 unspecified atom stereocenters. The smallest absolute Gasteiger partial charge is 0.258 e. The molecule has 1 aromatic carbocycles. The number of pyridine rings is 1. The summed E-state index contributed by atoms with van der Waals surface area (Å²) < 4.78 is 31.9. The topological polar surface area (TPSA) is 51.2 Å². The Bertz CT molecular complexity index is 750. The van der Waals surface area contributed by atoms with Crippen LogP contribution in [0.1, 0.15) is 29.7 Å². The predicted molar refractivity (Wildman–Crippen MR) is 84.6 cm³/mol. The number of aromatic nitrogens is 1. The highest BCUT2D eigenvalue weighted by Crippen LogP contribution is 2.27. The summed E-state index contributed by atoms with van der Waals surface area (Å²) in [5.74, 6) is -1.00. The number of aryl methyl sites for hydroxylation is 1. The van der Waals surface area contributed by atoms with E-state index in [1.165, 1.54) is 6.07 Å². The van der Waals surface area contributed by atoms with E-state index in [4.69, 9.17) is 4.74 Å². The zero-order valence-electron chi connectivity index (χ0n) is 13.1. The summed E-state index contributed by atoms with van der Waals surface area (Å²) >= 11 is 0. The van der Waals surface area contributed by atoms with E-state index in [2.05, 4.69) is 10.3 Å². The average molecular weight is 332 g/mol. The number of carbonyl (C=O) groups excluding carboxylic acids is 1. The second-order valence-electron chi connectivity index (χ2n) is 5.74. The molecule has 1 N–H and O–H groups in total. The van der Waals surface area contributed by atoms with Gasteiger partial charge in [0.15, 0.2) is 6.61 Å². The van der Waals surface area contributed by atoms with Gasteiger partial charge in [-0.25, -0.2) is 8.78 Å². The number of benzene rings is 1. The number of amides is 1. The number of nitrogens with one attached hydrogen (secondary N) is 1. The van der Waals surface area contributed by atoms with Gasteiger partial charge < -0.3 is 10.1 Å². The molecule has 0 atom stereocenters. The Morgan fingerprint density at radius 1 is 1.21 bits per heavy atom. The van der Waals surface area contributed by atoms with Gasteiger partial charge in [0.1, 0.15) is 17.4 Å². The lowest BCUT2D eigenvalue weighted by Gasteiger charge is -2.18. The number of nitrogens with zero attached hydrogens (tertiary/aromatic N) is 1. The predicted octanol–water partition coefficient (Wildman–Crippen LogP) is 2.93. The van der Waals surface area contributed by atoms with Gasteiger partial charge in [-0.3, -0.25) is 9.78 Å². The van der Waals surface area contributed by atoms with Crippen molar-refractivity contribution in [1.29, 1.82) is 0 Å². The summed E-state index contributed by atoms with van der Waals surface area (Å²) in [4.78, 5) is 16.2. The number of hydrogen-bond acceptors (Lipinski definition) is 3. The summed E-state index contributed by atoms with van der Waals surface area (Å²) in [6.07, 6.45) is 5.73. The zero-order valence-corrected chi connectivity index (χ0v) is 13.1. The third-order valence-corrected chi connectivity index (χ3v) is 4.04. The van der Waals surface area contributed by atoms with E-state index in [9.17, 15) is 13.6 Å². The highest BCUT2D eigenvalue weighted by Gasteiger charge is 2.16. The molecule has 0 saturated heterocycles. The monoisotopic (exact) mass is 332 g/mol. The third kappa shape index (κ3) is 3.88. The number of fused-ring (bicyclic) bond motifs is 1. The Morgan fingerprint density at radius 3 is 2.88 bits per heavy atom. The minimum atomic E-state index is -0.681. The van der Waals surface area contributed by atoms with Crippen molar-refractivity contribution >= 4 is 5.91 Å². The second-order valence-corrected chi connectivity index (χ2v) is 5.74. The van der Waals surface area contributed by atoms with Crippen molar-refractivity contribution in [2.45, 2.75) is 32.2 Å². The van der Waals surface area contributed by atoms with Crippen LogP contribution in [0.25, 0.3) is 0 Å². The van der Waals surface area contributed by atoms with E-state index in [0.717, 1.165) is 49.1 Å². The first-order chi connectivity index (χ1) is 11.6. The zero-order chi connectivity index (χ0) is 16.9. The van der Waals surface area contributed by atoms with Crippen LogP contribution in [0.15, 0.2) is 30.5 Å². The van der Waals surface area contributed by atoms with Crippen LogP contribution in [0.3, 0.4) is 0 Å². The molecule has 6 heteroatoms. The SMILES string of the molecule is O=C(COc1ccnc2c1CCCC2)NCc1ccc(F)cc1F. The number of halogens is 2. The summed E-state index contributed by atoms with van der Waals surface area (Å²) in [5, 5.41) is 2.57. The van der Waals surface area contributed by atoms with Crippen molar-refractivity contribution in [3.63, 3.8) is 0 Å². The van der Waals surface area contributed by atoms with Gasteiger partial charge in [0, 0.05) is 35.6 Å². The largest absolute Gasteiger partial charge is 0.483 e. The van der Waals surface area contributed by atoms with Crippen LogP contribution in [-0.2, 0) is 24.2 Å². The van der Waals surface area contributed by atoms with Gasteiger partial charge in [-0.15, -0.1) is 0 Å². The summed E-state index contributed by atoms with van der Waals surface area (Å²) in [7, 11) is 0. The standard InChI is InChI=1S/C18H18F2N2O2/c19-13-6-5-12(15(20)9-13)10-22-18(23)11-24-17-7-8-21-16-4-2-1-3-14(16)17/h5-9H,1-4,10-11H2,(H,22,23). The fourth-order valence-corrected chi connectivity index (χ4v) is 2.78. The van der Waals surface area contributed by atoms with E-state index in [-0.39, 0.29) is 24.6 Å². The Balaban J connectivity index is 1.54. The molecule has 0 fully saturated rings. The fraction of sp³-hybridized carbons (Fsp3) is 0.333. The lowest BCUT2D eigenvalue weighted by atomic mass is 9.95. The molecule has 0 bridgehead atoms. The number of rotatable bonds is 5. The van der Waals surface area contributed by atoms with E-state index in [0.29, 0.717) is 5.75 Å².